The van der Waals surface area contributed by atoms with E-state index >= 15 is 0 Å². The third-order valence-corrected chi connectivity index (χ3v) is 6.49. The first-order valence-electron chi connectivity index (χ1n) is 12.4. The largest absolute Gasteiger partial charge is 0.493 e. The number of amides is 2. The predicted octanol–water partition coefficient (Wildman–Crippen LogP) is 4.63. The highest BCUT2D eigenvalue weighted by Gasteiger charge is 2.40. The summed E-state index contributed by atoms with van der Waals surface area (Å²) < 4.78 is 16.6. The number of nitrogens with one attached hydrogen (secondary N) is 2. The Balaban J connectivity index is 1.65. The Kier molecular flexibility index (Phi) is 9.34. The molecule has 1 heterocycles. The molecule has 3 rings (SSSR count). The third kappa shape index (κ3) is 6.87. The number of benzene rings is 1. The van der Waals surface area contributed by atoms with Crippen molar-refractivity contribution in [3.8, 4) is 11.5 Å². The molecule has 1 aromatic heterocycles. The van der Waals surface area contributed by atoms with Gasteiger partial charge in [0.1, 0.15) is 17.9 Å². The van der Waals surface area contributed by atoms with Gasteiger partial charge in [0, 0.05) is 12.6 Å². The van der Waals surface area contributed by atoms with Gasteiger partial charge in [-0.15, -0.1) is 0 Å². The van der Waals surface area contributed by atoms with Crippen molar-refractivity contribution in [2.45, 2.75) is 77.9 Å². The monoisotopic (exact) mass is 483 g/mol. The van der Waals surface area contributed by atoms with Crippen molar-refractivity contribution in [3.05, 3.63) is 46.9 Å². The number of carbonyl (C=O) groups is 2. The van der Waals surface area contributed by atoms with Crippen molar-refractivity contribution >= 4 is 17.9 Å². The Labute approximate surface area is 207 Å². The van der Waals surface area contributed by atoms with Crippen LogP contribution in [0.1, 0.15) is 74.5 Å². The van der Waals surface area contributed by atoms with Crippen LogP contribution < -0.4 is 20.1 Å². The van der Waals surface area contributed by atoms with Crippen LogP contribution in [0.3, 0.4) is 0 Å². The zero-order chi connectivity index (χ0) is 25.3. The Hall–Kier alpha value is -3.29. The van der Waals surface area contributed by atoms with E-state index in [4.69, 9.17) is 14.0 Å². The van der Waals surface area contributed by atoms with Crippen molar-refractivity contribution in [3.63, 3.8) is 0 Å². The van der Waals surface area contributed by atoms with Crippen molar-refractivity contribution in [1.82, 2.24) is 15.8 Å². The molecule has 1 aliphatic rings. The van der Waals surface area contributed by atoms with E-state index in [0.29, 0.717) is 37.5 Å². The molecule has 2 aromatic rings. The minimum absolute atomic E-state index is 0.0751. The van der Waals surface area contributed by atoms with Gasteiger partial charge in [-0.25, -0.2) is 0 Å². The number of rotatable bonds is 11. The number of methoxy groups -OCH3 is 1. The smallest absolute Gasteiger partial charge is 0.245 e. The second kappa shape index (κ2) is 12.4. The Morgan fingerprint density at radius 1 is 1.17 bits per heavy atom. The van der Waals surface area contributed by atoms with E-state index in [0.717, 1.165) is 54.7 Å². The van der Waals surface area contributed by atoms with Gasteiger partial charge in [-0.3, -0.25) is 9.59 Å². The van der Waals surface area contributed by atoms with Crippen LogP contribution in [0.2, 0.25) is 0 Å². The molecule has 2 N–H and O–H groups in total. The number of ether oxygens (including phenoxy) is 2. The van der Waals surface area contributed by atoms with E-state index < -0.39 is 5.54 Å². The third-order valence-electron chi connectivity index (χ3n) is 6.49. The Morgan fingerprint density at radius 2 is 1.94 bits per heavy atom. The second-order valence-electron chi connectivity index (χ2n) is 9.08. The summed E-state index contributed by atoms with van der Waals surface area (Å²) in [4.78, 5) is 25.7. The summed E-state index contributed by atoms with van der Waals surface area (Å²) in [6.07, 6.45) is 9.38. The highest BCUT2D eigenvalue weighted by Crippen LogP contribution is 2.31. The normalized spacial score (nSPS) is 15.1. The maximum absolute atomic E-state index is 12.9. The van der Waals surface area contributed by atoms with Gasteiger partial charge in [0.25, 0.3) is 0 Å². The van der Waals surface area contributed by atoms with Crippen LogP contribution >= 0.6 is 0 Å². The lowest BCUT2D eigenvalue weighted by Crippen LogP contribution is -2.59. The minimum Gasteiger partial charge on any atom is -0.493 e. The summed E-state index contributed by atoms with van der Waals surface area (Å²) in [5, 5.41) is 9.96. The van der Waals surface area contributed by atoms with E-state index in [9.17, 15) is 9.59 Å². The number of hydrogen-bond donors (Lipinski definition) is 2. The van der Waals surface area contributed by atoms with Crippen molar-refractivity contribution in [2.75, 3.05) is 13.7 Å². The van der Waals surface area contributed by atoms with Crippen molar-refractivity contribution in [1.29, 1.82) is 0 Å². The summed E-state index contributed by atoms with van der Waals surface area (Å²) in [6.45, 7) is 6.76. The molecule has 1 aliphatic carbocycles. The molecule has 0 bridgehead atoms. The van der Waals surface area contributed by atoms with Crippen LogP contribution in [-0.4, -0.2) is 36.2 Å². The average Bonchev–Trinajstić information content (AvgIpc) is 3.19. The summed E-state index contributed by atoms with van der Waals surface area (Å²) >= 11 is 0. The number of nitrogens with zero attached hydrogens (tertiary/aromatic N) is 1. The molecule has 1 aromatic carbocycles. The van der Waals surface area contributed by atoms with Crippen LogP contribution in [0.5, 0.6) is 11.5 Å². The molecule has 0 saturated heterocycles. The number of hydrogen-bond acceptors (Lipinski definition) is 6. The number of aryl methyl sites for hydroxylation is 2. The summed E-state index contributed by atoms with van der Waals surface area (Å²) in [7, 11) is 1.57. The van der Waals surface area contributed by atoms with E-state index in [1.165, 1.54) is 6.08 Å². The van der Waals surface area contributed by atoms with Crippen molar-refractivity contribution < 1.29 is 23.6 Å². The van der Waals surface area contributed by atoms with Gasteiger partial charge in [-0.1, -0.05) is 43.8 Å². The standard InChI is InChI=1S/C27H37N3O5/c1-5-6-16-28-26(32)27(14-8-7-9-15-27)29-25(31)13-11-21-10-12-23(24(17-21)33-4)34-18-22-19(2)30-35-20(22)3/h10-13,17H,5-9,14-16,18H2,1-4H3,(H,28,32)(H,29,31)/b13-11+. The average molecular weight is 484 g/mol. The zero-order valence-electron chi connectivity index (χ0n) is 21.2. The molecule has 2 amide bonds. The molecule has 1 saturated carbocycles. The van der Waals surface area contributed by atoms with Crippen LogP contribution in [0.15, 0.2) is 28.8 Å². The lowest BCUT2D eigenvalue weighted by Gasteiger charge is -2.36. The molecule has 8 nitrogen and oxygen atoms in total. The molecular formula is C27H37N3O5. The molecule has 1 fully saturated rings. The minimum atomic E-state index is -0.832. The number of aromatic nitrogens is 1. The maximum atomic E-state index is 12.9. The van der Waals surface area contributed by atoms with E-state index in [2.05, 4.69) is 22.7 Å². The first-order valence-corrected chi connectivity index (χ1v) is 12.4. The highest BCUT2D eigenvalue weighted by atomic mass is 16.5. The molecule has 8 heteroatoms. The zero-order valence-corrected chi connectivity index (χ0v) is 21.2. The number of carbonyl (C=O) groups excluding carboxylic acids is 2. The summed E-state index contributed by atoms with van der Waals surface area (Å²) in [5.74, 6) is 1.50. The summed E-state index contributed by atoms with van der Waals surface area (Å²) in [6, 6.07) is 5.46. The van der Waals surface area contributed by atoms with Crippen molar-refractivity contribution in [2.24, 2.45) is 0 Å². The highest BCUT2D eigenvalue weighted by molar-refractivity contribution is 5.97. The summed E-state index contributed by atoms with van der Waals surface area (Å²) in [5.41, 5.74) is 1.65. The van der Waals surface area contributed by atoms with Crippen LogP contribution in [-0.2, 0) is 16.2 Å². The molecule has 0 atom stereocenters. The van der Waals surface area contributed by atoms with E-state index in [1.807, 2.05) is 19.9 Å². The van der Waals surface area contributed by atoms with Gasteiger partial charge in [-0.2, -0.15) is 0 Å². The molecule has 35 heavy (non-hydrogen) atoms. The lowest BCUT2D eigenvalue weighted by atomic mass is 9.80. The van der Waals surface area contributed by atoms with Gasteiger partial charge in [0.15, 0.2) is 11.5 Å². The van der Waals surface area contributed by atoms with E-state index in [1.54, 1.807) is 25.3 Å². The van der Waals surface area contributed by atoms with Gasteiger partial charge < -0.3 is 24.6 Å². The molecule has 0 spiro atoms. The van der Waals surface area contributed by atoms with Crippen LogP contribution in [0, 0.1) is 13.8 Å². The molecule has 190 valence electrons. The van der Waals surface area contributed by atoms with Gasteiger partial charge in [0.05, 0.1) is 18.4 Å². The fraction of sp³-hybridized carbons (Fsp3) is 0.519. The first-order chi connectivity index (χ1) is 16.9. The van der Waals surface area contributed by atoms with Crippen LogP contribution in [0.25, 0.3) is 6.08 Å². The Bertz CT molecular complexity index is 1020. The van der Waals surface area contributed by atoms with Gasteiger partial charge in [0.2, 0.25) is 11.8 Å². The maximum Gasteiger partial charge on any atom is 0.245 e. The second-order valence-corrected chi connectivity index (χ2v) is 9.08. The Morgan fingerprint density at radius 3 is 2.60 bits per heavy atom. The molecule has 0 unspecified atom stereocenters. The fourth-order valence-electron chi connectivity index (χ4n) is 4.33. The topological polar surface area (TPSA) is 103 Å². The SMILES string of the molecule is CCCCNC(=O)C1(NC(=O)/C=C/c2ccc(OCc3c(C)noc3C)c(OC)c2)CCCCC1. The molecular weight excluding hydrogens is 446 g/mol. The lowest BCUT2D eigenvalue weighted by molar-refractivity contribution is -0.133. The van der Waals surface area contributed by atoms with E-state index in [-0.39, 0.29) is 11.8 Å². The predicted molar refractivity (Wildman–Crippen MR) is 134 cm³/mol. The molecule has 0 radical (unpaired) electrons. The van der Waals surface area contributed by atoms with Crippen LogP contribution in [0.4, 0.5) is 0 Å². The number of unbranched alkanes of at least 4 members (excludes halogenated alkanes) is 1. The first kappa shape index (κ1) is 26.3. The van der Waals surface area contributed by atoms with Gasteiger partial charge in [-0.05, 0) is 56.9 Å². The quantitative estimate of drug-likeness (QED) is 0.357. The van der Waals surface area contributed by atoms with Gasteiger partial charge >= 0.3 is 0 Å². The fourth-order valence-corrected chi connectivity index (χ4v) is 4.33. The molecule has 0 aliphatic heterocycles.